The highest BCUT2D eigenvalue weighted by atomic mass is 127. The Labute approximate surface area is 93.4 Å². The second kappa shape index (κ2) is 4.18. The lowest BCUT2D eigenvalue weighted by atomic mass is 10.3. The zero-order chi connectivity index (χ0) is 9.19. The molecule has 0 bridgehead atoms. The molecule has 0 aromatic heterocycles. The number of halogens is 3. The Bertz CT molecular complexity index is 308. The first kappa shape index (κ1) is 10.6. The van der Waals surface area contributed by atoms with Gasteiger partial charge >= 0.3 is 6.07 Å². The third-order valence-electron chi connectivity index (χ3n) is 1.03. The molecule has 0 heterocycles. The van der Waals surface area contributed by atoms with Gasteiger partial charge in [-0.3, -0.25) is 0 Å². The Balaban J connectivity index is 2.78. The van der Waals surface area contributed by atoms with Crippen molar-refractivity contribution in [3.8, 4) is 5.75 Å². The molecule has 1 aromatic rings. The quantitative estimate of drug-likeness (QED) is 0.596. The van der Waals surface area contributed by atoms with Crippen LogP contribution in [0.5, 0.6) is 5.75 Å². The normalized spacial score (nSPS) is 11.2. The van der Waals surface area contributed by atoms with Gasteiger partial charge in [-0.1, -0.05) is 0 Å². The second-order valence-electron chi connectivity index (χ2n) is 1.96. The Morgan fingerprint density at radius 2 is 1.75 bits per heavy atom. The van der Waals surface area contributed by atoms with Crippen LogP contribution in [0.1, 0.15) is 0 Å². The van der Waals surface area contributed by atoms with Gasteiger partial charge in [-0.15, -0.1) is 0 Å². The van der Waals surface area contributed by atoms with E-state index in [-0.39, 0.29) is 0 Å². The highest BCUT2D eigenvalue weighted by Crippen LogP contribution is 2.57. The van der Waals surface area contributed by atoms with Gasteiger partial charge in [0.25, 0.3) is 0 Å². The molecular weight excluding hydrogens is 333 g/mol. The lowest BCUT2D eigenvalue weighted by Gasteiger charge is -2.04. The van der Waals surface area contributed by atoms with Crippen molar-refractivity contribution in [2.24, 2.45) is 0 Å². The van der Waals surface area contributed by atoms with Crippen LogP contribution < -0.4 is 4.52 Å². The topological polar surface area (TPSA) is 26.3 Å². The molecule has 0 saturated heterocycles. The summed E-state index contributed by atoms with van der Waals surface area (Å²) in [5, 5.41) is 0. The van der Waals surface area contributed by atoms with Gasteiger partial charge in [-0.2, -0.15) is 0 Å². The number of rotatable bonds is 2. The minimum atomic E-state index is -3.46. The summed E-state index contributed by atoms with van der Waals surface area (Å²) in [5.41, 5.74) is 0. The van der Waals surface area contributed by atoms with Crippen LogP contribution in [0.15, 0.2) is 24.3 Å². The van der Waals surface area contributed by atoms with Gasteiger partial charge in [-0.05, 0) is 46.9 Å². The van der Waals surface area contributed by atoms with E-state index in [9.17, 15) is 4.57 Å². The molecule has 0 atom stereocenters. The van der Waals surface area contributed by atoms with Gasteiger partial charge in [0.1, 0.15) is 5.75 Å². The molecule has 0 fully saturated rings. The minimum absolute atomic E-state index is 0.406. The van der Waals surface area contributed by atoms with Crippen molar-refractivity contribution in [3.63, 3.8) is 0 Å². The van der Waals surface area contributed by atoms with Gasteiger partial charge in [0.15, 0.2) is 0 Å². The molecule has 0 aliphatic heterocycles. The SMILES string of the molecule is O=P(Cl)(Cl)Oc1ccc(I)cc1. The van der Waals surface area contributed by atoms with E-state index >= 15 is 0 Å². The molecular formula is C6H4Cl2IO2P. The summed E-state index contributed by atoms with van der Waals surface area (Å²) in [6.45, 7) is 0. The number of hydrogen-bond acceptors (Lipinski definition) is 2. The Hall–Kier alpha value is 0.560. The van der Waals surface area contributed by atoms with Crippen LogP contribution in [-0.4, -0.2) is 0 Å². The summed E-state index contributed by atoms with van der Waals surface area (Å²) in [4.78, 5) is 0. The molecule has 0 aliphatic carbocycles. The van der Waals surface area contributed by atoms with Crippen LogP contribution in [0.4, 0.5) is 0 Å². The van der Waals surface area contributed by atoms with Crippen LogP contribution in [0.3, 0.4) is 0 Å². The molecule has 12 heavy (non-hydrogen) atoms. The van der Waals surface area contributed by atoms with Gasteiger partial charge < -0.3 is 4.52 Å². The molecule has 66 valence electrons. The van der Waals surface area contributed by atoms with Gasteiger partial charge in [-0.25, -0.2) is 4.57 Å². The van der Waals surface area contributed by atoms with E-state index in [1.165, 1.54) is 0 Å². The van der Waals surface area contributed by atoms with Gasteiger partial charge in [0, 0.05) is 26.1 Å². The molecule has 2 nitrogen and oxygen atoms in total. The summed E-state index contributed by atoms with van der Waals surface area (Å²) in [6, 6.07) is 6.91. The first-order valence-electron chi connectivity index (χ1n) is 2.92. The van der Waals surface area contributed by atoms with Crippen molar-refractivity contribution in [2.45, 2.75) is 0 Å². The van der Waals surface area contributed by atoms with E-state index in [1.54, 1.807) is 24.3 Å². The van der Waals surface area contributed by atoms with Gasteiger partial charge in [0.05, 0.1) is 0 Å². The van der Waals surface area contributed by atoms with E-state index in [2.05, 4.69) is 22.6 Å². The zero-order valence-corrected chi connectivity index (χ0v) is 10.3. The van der Waals surface area contributed by atoms with Crippen LogP contribution in [0.25, 0.3) is 0 Å². The van der Waals surface area contributed by atoms with Crippen molar-refractivity contribution in [2.75, 3.05) is 0 Å². The summed E-state index contributed by atoms with van der Waals surface area (Å²) < 4.78 is 16.6. The maximum absolute atomic E-state index is 10.8. The molecule has 0 aliphatic rings. The highest BCUT2D eigenvalue weighted by Gasteiger charge is 2.15. The predicted octanol–water partition coefficient (Wildman–Crippen LogP) is 4.26. The average molecular weight is 337 g/mol. The monoisotopic (exact) mass is 336 g/mol. The number of benzene rings is 1. The minimum Gasteiger partial charge on any atom is -0.422 e. The maximum Gasteiger partial charge on any atom is 0.428 e. The average Bonchev–Trinajstić information content (AvgIpc) is 1.91. The standard InChI is InChI=1S/C6H4Cl2IO2P/c7-12(8,10)11-6-3-1-5(9)2-4-6/h1-4H. The fourth-order valence-electron chi connectivity index (χ4n) is 0.618. The molecule has 0 spiro atoms. The molecule has 0 N–H and O–H groups in total. The van der Waals surface area contributed by atoms with E-state index in [0.29, 0.717) is 5.75 Å². The van der Waals surface area contributed by atoms with Crippen LogP contribution in [0.2, 0.25) is 0 Å². The first-order valence-corrected chi connectivity index (χ1v) is 7.43. The molecule has 0 radical (unpaired) electrons. The van der Waals surface area contributed by atoms with Gasteiger partial charge in [0.2, 0.25) is 0 Å². The number of hydrogen-bond donors (Lipinski definition) is 0. The molecule has 6 heteroatoms. The second-order valence-corrected chi connectivity index (χ2v) is 7.41. The highest BCUT2D eigenvalue weighted by molar-refractivity contribution is 14.1. The van der Waals surface area contributed by atoms with E-state index in [0.717, 1.165) is 3.57 Å². The fraction of sp³-hybridized carbons (Fsp3) is 0. The van der Waals surface area contributed by atoms with Crippen molar-refractivity contribution in [1.29, 1.82) is 0 Å². The Morgan fingerprint density at radius 1 is 1.25 bits per heavy atom. The Kier molecular flexibility index (Phi) is 3.71. The summed E-state index contributed by atoms with van der Waals surface area (Å²) in [7, 11) is 0. The van der Waals surface area contributed by atoms with E-state index in [1.807, 2.05) is 0 Å². The molecule has 1 rings (SSSR count). The molecule has 1 aromatic carbocycles. The summed E-state index contributed by atoms with van der Waals surface area (Å²) in [5.74, 6) is 0.406. The third kappa shape index (κ3) is 3.99. The van der Waals surface area contributed by atoms with Crippen LogP contribution in [-0.2, 0) is 4.57 Å². The van der Waals surface area contributed by atoms with Crippen molar-refractivity contribution < 1.29 is 9.09 Å². The van der Waals surface area contributed by atoms with Crippen molar-refractivity contribution in [1.82, 2.24) is 0 Å². The van der Waals surface area contributed by atoms with Crippen LogP contribution >= 0.6 is 51.1 Å². The van der Waals surface area contributed by atoms with Crippen molar-refractivity contribution in [3.05, 3.63) is 27.8 Å². The lowest BCUT2D eigenvalue weighted by molar-refractivity contribution is 0.513. The predicted molar refractivity (Wildman–Crippen MR) is 59.1 cm³/mol. The largest absolute Gasteiger partial charge is 0.428 e. The van der Waals surface area contributed by atoms with Crippen LogP contribution in [0, 0.1) is 3.57 Å². The lowest BCUT2D eigenvalue weighted by Crippen LogP contribution is -1.80. The van der Waals surface area contributed by atoms with E-state index < -0.39 is 6.07 Å². The molecule has 0 amide bonds. The third-order valence-corrected chi connectivity index (χ3v) is 2.58. The smallest absolute Gasteiger partial charge is 0.422 e. The Morgan fingerprint density at radius 3 is 2.17 bits per heavy atom. The maximum atomic E-state index is 10.8. The summed E-state index contributed by atoms with van der Waals surface area (Å²) in [6.07, 6.45) is -3.46. The fourth-order valence-corrected chi connectivity index (χ4v) is 1.82. The van der Waals surface area contributed by atoms with Crippen molar-refractivity contribution >= 4 is 51.1 Å². The zero-order valence-electron chi connectivity index (χ0n) is 5.71. The van der Waals surface area contributed by atoms with E-state index in [4.69, 9.17) is 27.0 Å². The summed E-state index contributed by atoms with van der Waals surface area (Å²) >= 11 is 12.6. The molecule has 0 unspecified atom stereocenters. The molecule has 0 saturated carbocycles. The first-order chi connectivity index (χ1) is 5.47.